The van der Waals surface area contributed by atoms with Crippen LogP contribution in [0.4, 0.5) is 10.1 Å². The van der Waals surface area contributed by atoms with Crippen LogP contribution in [0.25, 0.3) is 0 Å². The molecule has 2 N–H and O–H groups in total. The molecule has 5 nitrogen and oxygen atoms in total. The number of ether oxygens (including phenoxy) is 1. The van der Waals surface area contributed by atoms with Crippen LogP contribution in [0.2, 0.25) is 0 Å². The first-order valence-electron chi connectivity index (χ1n) is 6.83. The fourth-order valence-corrected chi connectivity index (χ4v) is 3.07. The molecule has 1 aromatic rings. The summed E-state index contributed by atoms with van der Waals surface area (Å²) < 4.78 is 19.4. The second kappa shape index (κ2) is 4.79. The van der Waals surface area contributed by atoms with E-state index in [1.54, 1.807) is 6.07 Å². The molecule has 20 heavy (non-hydrogen) atoms. The largest absolute Gasteiger partial charge is 0.376 e. The van der Waals surface area contributed by atoms with Gasteiger partial charge >= 0.3 is 5.69 Å². The lowest BCUT2D eigenvalue weighted by atomic mass is 9.83. The van der Waals surface area contributed by atoms with Gasteiger partial charge in [-0.05, 0) is 43.2 Å². The Hall–Kier alpha value is -1.53. The number of rotatable bonds is 4. The Labute approximate surface area is 116 Å². The lowest BCUT2D eigenvalue weighted by Gasteiger charge is -2.30. The van der Waals surface area contributed by atoms with Crippen molar-refractivity contribution in [3.8, 4) is 0 Å². The first-order valence-corrected chi connectivity index (χ1v) is 6.83. The quantitative estimate of drug-likeness (QED) is 0.677. The molecule has 3 rings (SSSR count). The molecule has 2 atom stereocenters. The third-order valence-electron chi connectivity index (χ3n) is 4.22. The van der Waals surface area contributed by atoms with E-state index in [0.717, 1.165) is 19.3 Å². The number of halogens is 1. The molecular weight excluding hydrogens is 263 g/mol. The van der Waals surface area contributed by atoms with E-state index < -0.39 is 22.0 Å². The Balaban J connectivity index is 1.80. The molecule has 0 radical (unpaired) electrons. The summed E-state index contributed by atoms with van der Waals surface area (Å²) in [6, 6.07) is 4.00. The summed E-state index contributed by atoms with van der Waals surface area (Å²) in [5, 5.41) is 10.6. The van der Waals surface area contributed by atoms with Crippen LogP contribution in [0.15, 0.2) is 18.2 Å². The number of nitrogens with two attached hydrogens (primary N) is 1. The highest BCUT2D eigenvalue weighted by Crippen LogP contribution is 2.43. The second-order valence-corrected chi connectivity index (χ2v) is 5.83. The molecule has 1 aromatic carbocycles. The van der Waals surface area contributed by atoms with E-state index in [9.17, 15) is 14.5 Å². The number of nitrogens with zero attached hydrogens (tertiary/aromatic N) is 1. The molecule has 2 aliphatic rings. The van der Waals surface area contributed by atoms with Crippen molar-refractivity contribution in [1.82, 2.24) is 0 Å². The molecule has 1 aliphatic carbocycles. The first-order chi connectivity index (χ1) is 9.49. The highest BCUT2D eigenvalue weighted by Gasteiger charge is 2.48. The van der Waals surface area contributed by atoms with Crippen molar-refractivity contribution in [3.63, 3.8) is 0 Å². The van der Waals surface area contributed by atoms with Crippen molar-refractivity contribution >= 4 is 5.69 Å². The normalized spacial score (nSPS) is 29.6. The summed E-state index contributed by atoms with van der Waals surface area (Å²) in [5.74, 6) is -0.289. The summed E-state index contributed by atoms with van der Waals surface area (Å²) in [4.78, 5) is 9.89. The number of nitro benzene ring substituents is 1. The third kappa shape index (κ3) is 2.41. The zero-order valence-electron chi connectivity index (χ0n) is 11.0. The van der Waals surface area contributed by atoms with Crippen LogP contribution >= 0.6 is 0 Å². The number of hydrogen-bond acceptors (Lipinski definition) is 4. The highest BCUT2D eigenvalue weighted by atomic mass is 19.1. The molecule has 0 spiro atoms. The molecule has 6 heteroatoms. The van der Waals surface area contributed by atoms with Crippen molar-refractivity contribution in [3.05, 3.63) is 39.7 Å². The van der Waals surface area contributed by atoms with Crippen molar-refractivity contribution in [2.45, 2.75) is 37.3 Å². The molecule has 2 fully saturated rings. The van der Waals surface area contributed by atoms with Gasteiger partial charge in [0.05, 0.1) is 11.0 Å². The van der Waals surface area contributed by atoms with Crippen molar-refractivity contribution in [2.24, 2.45) is 11.7 Å². The Kier molecular flexibility index (Phi) is 3.22. The van der Waals surface area contributed by atoms with Gasteiger partial charge in [-0.2, -0.15) is 4.39 Å². The summed E-state index contributed by atoms with van der Waals surface area (Å²) in [7, 11) is 0. The topological polar surface area (TPSA) is 78.4 Å². The van der Waals surface area contributed by atoms with E-state index in [4.69, 9.17) is 10.5 Å². The van der Waals surface area contributed by atoms with E-state index in [1.165, 1.54) is 12.1 Å². The minimum absolute atomic E-state index is 0.0285. The zero-order valence-corrected chi connectivity index (χ0v) is 11.0. The van der Waals surface area contributed by atoms with Crippen LogP contribution in [0, 0.1) is 21.8 Å². The third-order valence-corrected chi connectivity index (χ3v) is 4.22. The summed E-state index contributed by atoms with van der Waals surface area (Å²) in [6.45, 7) is 0.632. The van der Waals surface area contributed by atoms with Crippen LogP contribution in [0.3, 0.4) is 0 Å². The molecule has 0 bridgehead atoms. The van der Waals surface area contributed by atoms with Gasteiger partial charge in [0.25, 0.3) is 0 Å². The molecule has 0 amide bonds. The Morgan fingerprint density at radius 1 is 1.50 bits per heavy atom. The molecule has 1 heterocycles. The summed E-state index contributed by atoms with van der Waals surface area (Å²) >= 11 is 0. The van der Waals surface area contributed by atoms with Crippen molar-refractivity contribution in [1.29, 1.82) is 0 Å². The average Bonchev–Trinajstić information content (AvgIpc) is 3.13. The zero-order chi connectivity index (χ0) is 14.3. The van der Waals surface area contributed by atoms with E-state index >= 15 is 0 Å². The maximum atomic E-state index is 13.7. The lowest BCUT2D eigenvalue weighted by Crippen LogP contribution is -2.50. The minimum atomic E-state index is -0.807. The van der Waals surface area contributed by atoms with Crippen molar-refractivity contribution in [2.75, 3.05) is 6.61 Å². The van der Waals surface area contributed by atoms with Gasteiger partial charge in [-0.3, -0.25) is 10.1 Å². The van der Waals surface area contributed by atoms with Gasteiger partial charge in [0.15, 0.2) is 0 Å². The average molecular weight is 280 g/mol. The van der Waals surface area contributed by atoms with E-state index in [-0.39, 0.29) is 6.10 Å². The van der Waals surface area contributed by atoms with Gasteiger partial charge in [-0.1, -0.05) is 6.07 Å². The molecule has 108 valence electrons. The van der Waals surface area contributed by atoms with Gasteiger partial charge in [0, 0.05) is 18.2 Å². The van der Waals surface area contributed by atoms with Gasteiger partial charge in [-0.25, -0.2) is 0 Å². The standard InChI is InChI=1S/C14H17FN2O3/c15-11-7-9(1-4-12(11)17(18)19)8-14(16)5-6-20-13(14)10-2-3-10/h1,4,7,10,13H,2-3,5-6,8,16H2. The fraction of sp³-hybridized carbons (Fsp3) is 0.571. The van der Waals surface area contributed by atoms with E-state index in [0.29, 0.717) is 24.5 Å². The van der Waals surface area contributed by atoms with Crippen LogP contribution in [0.5, 0.6) is 0 Å². The van der Waals surface area contributed by atoms with E-state index in [2.05, 4.69) is 0 Å². The molecular formula is C14H17FN2O3. The molecule has 0 aromatic heterocycles. The van der Waals surface area contributed by atoms with Crippen LogP contribution in [-0.2, 0) is 11.2 Å². The van der Waals surface area contributed by atoms with Crippen molar-refractivity contribution < 1.29 is 14.1 Å². The summed E-state index contributed by atoms with van der Waals surface area (Å²) in [6.07, 6.45) is 3.53. The van der Waals surface area contributed by atoms with Crippen LogP contribution < -0.4 is 5.73 Å². The lowest BCUT2D eigenvalue weighted by molar-refractivity contribution is -0.387. The SMILES string of the molecule is NC1(Cc2ccc([N+](=O)[O-])c(F)c2)CCOC1C1CC1. The molecule has 2 unspecified atom stereocenters. The van der Waals surface area contributed by atoms with Crippen LogP contribution in [0.1, 0.15) is 24.8 Å². The van der Waals surface area contributed by atoms with Gasteiger partial charge in [0.1, 0.15) is 0 Å². The maximum Gasteiger partial charge on any atom is 0.304 e. The van der Waals surface area contributed by atoms with Gasteiger partial charge < -0.3 is 10.5 Å². The first kappa shape index (κ1) is 13.5. The predicted octanol–water partition coefficient (Wildman–Crippen LogP) is 2.17. The highest BCUT2D eigenvalue weighted by molar-refractivity contribution is 5.36. The van der Waals surface area contributed by atoms with E-state index in [1.807, 2.05) is 0 Å². The monoisotopic (exact) mass is 280 g/mol. The number of hydrogen-bond donors (Lipinski definition) is 1. The Bertz CT molecular complexity index is 547. The number of nitro groups is 1. The second-order valence-electron chi connectivity index (χ2n) is 5.83. The van der Waals surface area contributed by atoms with Gasteiger partial charge in [-0.15, -0.1) is 0 Å². The maximum absolute atomic E-state index is 13.7. The Morgan fingerprint density at radius 2 is 2.25 bits per heavy atom. The number of benzene rings is 1. The van der Waals surface area contributed by atoms with Gasteiger partial charge in [0.2, 0.25) is 5.82 Å². The summed E-state index contributed by atoms with van der Waals surface area (Å²) in [5.41, 5.74) is 6.15. The van der Waals surface area contributed by atoms with Crippen LogP contribution in [-0.4, -0.2) is 23.2 Å². The molecule has 1 saturated heterocycles. The predicted molar refractivity (Wildman–Crippen MR) is 70.8 cm³/mol. The Morgan fingerprint density at radius 3 is 2.85 bits per heavy atom. The smallest absolute Gasteiger partial charge is 0.304 e. The fourth-order valence-electron chi connectivity index (χ4n) is 3.07. The molecule has 1 aliphatic heterocycles. The minimum Gasteiger partial charge on any atom is -0.376 e. The molecule has 1 saturated carbocycles.